The van der Waals surface area contributed by atoms with E-state index in [2.05, 4.69) is 31.0 Å². The number of fused-ring (bicyclic) bond motifs is 1. The van der Waals surface area contributed by atoms with Crippen LogP contribution in [0.4, 0.5) is 0 Å². The van der Waals surface area contributed by atoms with Gasteiger partial charge >= 0.3 is 5.97 Å². The van der Waals surface area contributed by atoms with Crippen LogP contribution in [-0.4, -0.2) is 51.9 Å². The molecule has 8 heteroatoms. The number of carbonyl (C=O) groups excluding carboxylic acids is 2. The lowest BCUT2D eigenvalue weighted by Gasteiger charge is -2.21. The number of hydrogen-bond acceptors (Lipinski definition) is 6. The van der Waals surface area contributed by atoms with Crippen molar-refractivity contribution in [1.82, 2.24) is 5.32 Å². The molecule has 0 unspecified atom stereocenters. The maximum Gasteiger partial charge on any atom is 0.342 e. The van der Waals surface area contributed by atoms with E-state index in [0.29, 0.717) is 50.1 Å². The number of aliphatic hydroxyl groups is 1. The highest BCUT2D eigenvalue weighted by atomic mass is 28.3. The van der Waals surface area contributed by atoms with E-state index in [9.17, 15) is 9.59 Å². The fourth-order valence-corrected chi connectivity index (χ4v) is 4.43. The monoisotopic (exact) mass is 477 g/mol. The Bertz CT molecular complexity index is 888. The summed E-state index contributed by atoms with van der Waals surface area (Å²) in [6.45, 7) is 12.1. The Kier molecular flexibility index (Phi) is 9.98. The molecule has 1 heterocycles. The minimum Gasteiger partial charge on any atom is -0.496 e. The Balaban J connectivity index is 2.26. The minimum atomic E-state index is -1.31. The van der Waals surface area contributed by atoms with Crippen LogP contribution in [-0.2, 0) is 22.6 Å². The molecule has 1 amide bonds. The SMILES string of the molecule is COc1c(C)c2c(c(OCC[Si](C)(C)C)c1C/C=C(\C)CCC(=O)NCCCO)C(=O)OC2. The van der Waals surface area contributed by atoms with Crippen LogP contribution in [0.25, 0.3) is 0 Å². The predicted octanol–water partition coefficient (Wildman–Crippen LogP) is 4.16. The Hall–Kier alpha value is -2.32. The molecule has 0 aliphatic carbocycles. The van der Waals surface area contributed by atoms with Gasteiger partial charge in [-0.05, 0) is 44.7 Å². The predicted molar refractivity (Wildman–Crippen MR) is 132 cm³/mol. The van der Waals surface area contributed by atoms with Crippen molar-refractivity contribution in [2.45, 2.75) is 71.8 Å². The number of benzene rings is 1. The van der Waals surface area contributed by atoms with Gasteiger partial charge in [0.15, 0.2) is 0 Å². The van der Waals surface area contributed by atoms with E-state index in [1.807, 2.05) is 13.8 Å². The highest BCUT2D eigenvalue weighted by Crippen LogP contribution is 2.43. The number of allylic oxidation sites excluding steroid dienone is 2. The minimum absolute atomic E-state index is 0.0275. The van der Waals surface area contributed by atoms with Crippen molar-refractivity contribution in [3.8, 4) is 11.5 Å². The lowest BCUT2D eigenvalue weighted by atomic mass is 9.94. The molecule has 2 rings (SSSR count). The number of esters is 1. The summed E-state index contributed by atoms with van der Waals surface area (Å²) in [4.78, 5) is 24.5. The van der Waals surface area contributed by atoms with Crippen molar-refractivity contribution >= 4 is 20.0 Å². The molecule has 0 spiro atoms. The van der Waals surface area contributed by atoms with Crippen LogP contribution in [0.3, 0.4) is 0 Å². The third-order valence-corrected chi connectivity index (χ3v) is 7.49. The molecule has 1 aliphatic rings. The van der Waals surface area contributed by atoms with Gasteiger partial charge in [-0.25, -0.2) is 4.79 Å². The number of carbonyl (C=O) groups is 2. The number of aliphatic hydroxyl groups excluding tert-OH is 1. The average molecular weight is 478 g/mol. The normalized spacial score (nSPS) is 13.5. The first-order valence-corrected chi connectivity index (χ1v) is 15.3. The summed E-state index contributed by atoms with van der Waals surface area (Å²) in [5, 5.41) is 11.6. The van der Waals surface area contributed by atoms with Gasteiger partial charge in [0.1, 0.15) is 23.7 Å². The average Bonchev–Trinajstić information content (AvgIpc) is 3.13. The van der Waals surface area contributed by atoms with Gasteiger partial charge in [0.05, 0.1) is 13.7 Å². The summed E-state index contributed by atoms with van der Waals surface area (Å²) in [6, 6.07) is 0.979. The van der Waals surface area contributed by atoms with Crippen LogP contribution in [0.15, 0.2) is 11.6 Å². The highest BCUT2D eigenvalue weighted by molar-refractivity contribution is 6.76. The molecule has 0 bridgehead atoms. The van der Waals surface area contributed by atoms with Gasteiger partial charge in [-0.3, -0.25) is 4.79 Å². The number of amides is 1. The summed E-state index contributed by atoms with van der Waals surface area (Å²) in [5.74, 6) is 0.917. The topological polar surface area (TPSA) is 94.1 Å². The number of hydrogen-bond donors (Lipinski definition) is 2. The van der Waals surface area contributed by atoms with E-state index in [1.165, 1.54) is 0 Å². The maximum absolute atomic E-state index is 12.6. The van der Waals surface area contributed by atoms with Gasteiger partial charge in [0.25, 0.3) is 0 Å². The Morgan fingerprint density at radius 2 is 1.97 bits per heavy atom. The van der Waals surface area contributed by atoms with Crippen molar-refractivity contribution in [2.24, 2.45) is 0 Å². The summed E-state index contributed by atoms with van der Waals surface area (Å²) in [7, 11) is 0.324. The zero-order valence-corrected chi connectivity index (χ0v) is 21.9. The summed E-state index contributed by atoms with van der Waals surface area (Å²) < 4.78 is 17.3. The van der Waals surface area contributed by atoms with E-state index in [0.717, 1.165) is 34.1 Å². The molecule has 7 nitrogen and oxygen atoms in total. The molecule has 0 fully saturated rings. The second kappa shape index (κ2) is 12.2. The highest BCUT2D eigenvalue weighted by Gasteiger charge is 2.33. The first-order chi connectivity index (χ1) is 15.6. The number of nitrogens with one attached hydrogen (secondary N) is 1. The second-order valence-electron chi connectivity index (χ2n) is 9.74. The lowest BCUT2D eigenvalue weighted by molar-refractivity contribution is -0.121. The van der Waals surface area contributed by atoms with Crippen LogP contribution in [0.2, 0.25) is 25.7 Å². The van der Waals surface area contributed by atoms with E-state index in [-0.39, 0.29) is 25.1 Å². The van der Waals surface area contributed by atoms with Crippen LogP contribution in [0.5, 0.6) is 11.5 Å². The molecule has 0 aromatic heterocycles. The molecule has 1 aromatic carbocycles. The van der Waals surface area contributed by atoms with Crippen LogP contribution in [0.1, 0.15) is 53.2 Å². The Labute approximate surface area is 198 Å². The van der Waals surface area contributed by atoms with Gasteiger partial charge in [-0.2, -0.15) is 0 Å². The molecule has 1 aliphatic heterocycles. The van der Waals surface area contributed by atoms with E-state index >= 15 is 0 Å². The number of rotatable bonds is 13. The van der Waals surface area contributed by atoms with Crippen molar-refractivity contribution in [1.29, 1.82) is 0 Å². The van der Waals surface area contributed by atoms with Gasteiger partial charge in [-0.1, -0.05) is 31.3 Å². The van der Waals surface area contributed by atoms with Crippen LogP contribution >= 0.6 is 0 Å². The molecular formula is C25H39NO6Si. The van der Waals surface area contributed by atoms with E-state index in [1.54, 1.807) is 7.11 Å². The summed E-state index contributed by atoms with van der Waals surface area (Å²) in [5.41, 5.74) is 4.18. The third kappa shape index (κ3) is 7.60. The van der Waals surface area contributed by atoms with Crippen LogP contribution in [0, 0.1) is 6.92 Å². The summed E-state index contributed by atoms with van der Waals surface area (Å²) >= 11 is 0. The summed E-state index contributed by atoms with van der Waals surface area (Å²) in [6.07, 6.45) is 4.17. The zero-order valence-electron chi connectivity index (χ0n) is 20.9. The van der Waals surface area contributed by atoms with Gasteiger partial charge in [0.2, 0.25) is 5.91 Å². The molecule has 0 radical (unpaired) electrons. The van der Waals surface area contributed by atoms with Gasteiger partial charge < -0.3 is 24.6 Å². The zero-order chi connectivity index (χ0) is 24.6. The maximum atomic E-state index is 12.6. The molecule has 0 saturated carbocycles. The standard InChI is InChI=1S/C25H39NO6Si/c1-17(9-11-21(28)26-12-7-13-27)8-10-19-23(30-3)18(2)20-16-32-25(29)22(20)24(19)31-14-15-33(4,5)6/h8,27H,7,9-16H2,1-6H3,(H,26,28)/b17-8+. The largest absolute Gasteiger partial charge is 0.496 e. The van der Waals surface area contributed by atoms with Crippen molar-refractivity contribution in [3.05, 3.63) is 33.9 Å². The molecular weight excluding hydrogens is 438 g/mol. The smallest absolute Gasteiger partial charge is 0.342 e. The van der Waals surface area contributed by atoms with Crippen molar-refractivity contribution in [2.75, 3.05) is 26.9 Å². The first-order valence-electron chi connectivity index (χ1n) is 11.6. The number of cyclic esters (lactones) is 1. The van der Waals surface area contributed by atoms with Gasteiger partial charge in [-0.15, -0.1) is 0 Å². The van der Waals surface area contributed by atoms with E-state index in [4.69, 9.17) is 19.3 Å². The van der Waals surface area contributed by atoms with E-state index < -0.39 is 8.07 Å². The Morgan fingerprint density at radius 1 is 1.24 bits per heavy atom. The number of methoxy groups -OCH3 is 1. The molecule has 184 valence electrons. The molecule has 33 heavy (non-hydrogen) atoms. The molecule has 1 aromatic rings. The van der Waals surface area contributed by atoms with Crippen LogP contribution < -0.4 is 14.8 Å². The molecule has 0 atom stereocenters. The number of ether oxygens (including phenoxy) is 3. The Morgan fingerprint density at radius 3 is 2.61 bits per heavy atom. The molecule has 0 saturated heterocycles. The second-order valence-corrected chi connectivity index (χ2v) is 15.4. The van der Waals surface area contributed by atoms with Crippen molar-refractivity contribution in [3.63, 3.8) is 0 Å². The molecule has 2 N–H and O–H groups in total. The first kappa shape index (κ1) is 26.9. The van der Waals surface area contributed by atoms with Gasteiger partial charge in [0, 0.05) is 38.8 Å². The van der Waals surface area contributed by atoms with Crippen molar-refractivity contribution < 1.29 is 28.9 Å². The fourth-order valence-electron chi connectivity index (χ4n) is 3.71. The fraction of sp³-hybridized carbons (Fsp3) is 0.600. The quantitative estimate of drug-likeness (QED) is 0.192. The lowest BCUT2D eigenvalue weighted by Crippen LogP contribution is -2.24. The third-order valence-electron chi connectivity index (χ3n) is 5.78.